The van der Waals surface area contributed by atoms with Gasteiger partial charge in [-0.15, -0.1) is 0 Å². The van der Waals surface area contributed by atoms with Crippen molar-refractivity contribution in [3.05, 3.63) is 46.6 Å². The molecule has 1 aromatic heterocycles. The Hall–Kier alpha value is -2.34. The molecule has 0 saturated carbocycles. The van der Waals surface area contributed by atoms with Gasteiger partial charge in [0.25, 0.3) is 0 Å². The Morgan fingerprint density at radius 3 is 2.40 bits per heavy atom. The fourth-order valence-corrected chi connectivity index (χ4v) is 2.42. The number of aromatic nitrogens is 1. The standard InChI is InChI=1S/C17H19N3/c1-4-5-15-12(3)16(14(10-18)17(19)20-15)13-8-6-11(2)7-9-13/h6-9H,4-5H2,1-3H3,(H2,19,20). The van der Waals surface area contributed by atoms with Crippen molar-refractivity contribution >= 4 is 5.82 Å². The van der Waals surface area contributed by atoms with Crippen molar-refractivity contribution in [1.29, 1.82) is 5.26 Å². The second kappa shape index (κ2) is 5.75. The summed E-state index contributed by atoms with van der Waals surface area (Å²) in [7, 11) is 0. The lowest BCUT2D eigenvalue weighted by atomic mass is 9.93. The van der Waals surface area contributed by atoms with Crippen LogP contribution < -0.4 is 5.73 Å². The maximum absolute atomic E-state index is 9.39. The number of anilines is 1. The fraction of sp³-hybridized carbons (Fsp3) is 0.294. The van der Waals surface area contributed by atoms with Crippen LogP contribution in [-0.4, -0.2) is 4.98 Å². The lowest BCUT2D eigenvalue weighted by Crippen LogP contribution is -2.05. The number of aryl methyl sites for hydroxylation is 2. The molecule has 2 N–H and O–H groups in total. The molecule has 1 aromatic carbocycles. The molecule has 0 aliphatic carbocycles. The SMILES string of the molecule is CCCc1nc(N)c(C#N)c(-c2ccc(C)cc2)c1C. The van der Waals surface area contributed by atoms with Crippen molar-refractivity contribution in [1.82, 2.24) is 4.98 Å². The highest BCUT2D eigenvalue weighted by molar-refractivity contribution is 5.78. The first kappa shape index (κ1) is 14.1. The number of nitriles is 1. The van der Waals surface area contributed by atoms with Crippen LogP contribution in [-0.2, 0) is 6.42 Å². The molecule has 0 saturated heterocycles. The van der Waals surface area contributed by atoms with Gasteiger partial charge in [-0.2, -0.15) is 5.26 Å². The van der Waals surface area contributed by atoms with Gasteiger partial charge >= 0.3 is 0 Å². The Morgan fingerprint density at radius 2 is 1.85 bits per heavy atom. The largest absolute Gasteiger partial charge is 0.383 e. The van der Waals surface area contributed by atoms with Crippen molar-refractivity contribution in [3.63, 3.8) is 0 Å². The van der Waals surface area contributed by atoms with Crippen LogP contribution in [0, 0.1) is 25.2 Å². The molecule has 0 fully saturated rings. The van der Waals surface area contributed by atoms with E-state index in [9.17, 15) is 5.26 Å². The number of rotatable bonds is 3. The summed E-state index contributed by atoms with van der Waals surface area (Å²) in [5.74, 6) is 0.331. The van der Waals surface area contributed by atoms with Crippen LogP contribution in [0.5, 0.6) is 0 Å². The Labute approximate surface area is 120 Å². The molecule has 0 aliphatic rings. The third-order valence-corrected chi connectivity index (χ3v) is 3.51. The zero-order valence-electron chi connectivity index (χ0n) is 12.2. The first-order valence-corrected chi connectivity index (χ1v) is 6.84. The van der Waals surface area contributed by atoms with E-state index in [1.807, 2.05) is 38.1 Å². The number of nitrogen functional groups attached to an aromatic ring is 1. The first-order valence-electron chi connectivity index (χ1n) is 6.84. The van der Waals surface area contributed by atoms with E-state index in [0.29, 0.717) is 11.4 Å². The van der Waals surface area contributed by atoms with Crippen molar-refractivity contribution in [2.24, 2.45) is 0 Å². The summed E-state index contributed by atoms with van der Waals surface area (Å²) < 4.78 is 0. The number of hydrogen-bond acceptors (Lipinski definition) is 3. The average Bonchev–Trinajstić information content (AvgIpc) is 2.43. The van der Waals surface area contributed by atoms with E-state index < -0.39 is 0 Å². The average molecular weight is 265 g/mol. The molecule has 20 heavy (non-hydrogen) atoms. The maximum atomic E-state index is 9.39. The van der Waals surface area contributed by atoms with Gasteiger partial charge in [-0.3, -0.25) is 0 Å². The Kier molecular flexibility index (Phi) is 4.05. The molecule has 1 heterocycles. The molecule has 0 spiro atoms. The zero-order chi connectivity index (χ0) is 14.7. The van der Waals surface area contributed by atoms with E-state index in [0.717, 1.165) is 35.2 Å². The fourth-order valence-electron chi connectivity index (χ4n) is 2.42. The maximum Gasteiger partial charge on any atom is 0.142 e. The van der Waals surface area contributed by atoms with Crippen LogP contribution >= 0.6 is 0 Å². The van der Waals surface area contributed by atoms with E-state index >= 15 is 0 Å². The van der Waals surface area contributed by atoms with E-state index in [1.165, 1.54) is 5.56 Å². The lowest BCUT2D eigenvalue weighted by Gasteiger charge is -2.14. The molecule has 0 aliphatic heterocycles. The topological polar surface area (TPSA) is 62.7 Å². The van der Waals surface area contributed by atoms with Crippen LogP contribution in [0.2, 0.25) is 0 Å². The number of benzene rings is 1. The van der Waals surface area contributed by atoms with E-state index in [1.54, 1.807) is 0 Å². The highest BCUT2D eigenvalue weighted by Crippen LogP contribution is 2.32. The molecule has 2 aromatic rings. The molecule has 102 valence electrons. The Bertz CT molecular complexity index is 664. The summed E-state index contributed by atoms with van der Waals surface area (Å²) in [5, 5.41) is 9.39. The van der Waals surface area contributed by atoms with Crippen LogP contribution in [0.25, 0.3) is 11.1 Å². The van der Waals surface area contributed by atoms with Gasteiger partial charge in [-0.25, -0.2) is 4.98 Å². The van der Waals surface area contributed by atoms with E-state index in [2.05, 4.69) is 18.0 Å². The highest BCUT2D eigenvalue weighted by atomic mass is 14.8. The minimum absolute atomic E-state index is 0.331. The summed E-state index contributed by atoms with van der Waals surface area (Å²) in [6.07, 6.45) is 1.88. The molecule has 0 bridgehead atoms. The summed E-state index contributed by atoms with van der Waals surface area (Å²) in [6.45, 7) is 6.18. The predicted molar refractivity (Wildman–Crippen MR) is 82.3 cm³/mol. The minimum Gasteiger partial charge on any atom is -0.383 e. The summed E-state index contributed by atoms with van der Waals surface area (Å²) in [4.78, 5) is 4.39. The van der Waals surface area contributed by atoms with Crippen LogP contribution in [0.4, 0.5) is 5.82 Å². The van der Waals surface area contributed by atoms with Crippen molar-refractivity contribution < 1.29 is 0 Å². The number of nitrogens with zero attached hydrogens (tertiary/aromatic N) is 2. The van der Waals surface area contributed by atoms with Gasteiger partial charge in [0.1, 0.15) is 17.5 Å². The summed E-state index contributed by atoms with van der Waals surface area (Å²) in [5.41, 5.74) is 11.6. The summed E-state index contributed by atoms with van der Waals surface area (Å²) >= 11 is 0. The van der Waals surface area contributed by atoms with Gasteiger partial charge in [0.05, 0.1) is 0 Å². The second-order valence-corrected chi connectivity index (χ2v) is 5.05. The molecule has 0 amide bonds. The molecule has 2 rings (SSSR count). The highest BCUT2D eigenvalue weighted by Gasteiger charge is 2.16. The van der Waals surface area contributed by atoms with Crippen LogP contribution in [0.1, 0.15) is 35.7 Å². The molecule has 3 nitrogen and oxygen atoms in total. The molecule has 3 heteroatoms. The normalized spacial score (nSPS) is 10.3. The third kappa shape index (κ3) is 2.50. The van der Waals surface area contributed by atoms with E-state index in [-0.39, 0.29) is 0 Å². The second-order valence-electron chi connectivity index (χ2n) is 5.05. The van der Waals surface area contributed by atoms with Gasteiger partial charge < -0.3 is 5.73 Å². The van der Waals surface area contributed by atoms with Gasteiger partial charge in [0, 0.05) is 11.3 Å². The predicted octanol–water partition coefficient (Wildman–Crippen LogP) is 3.77. The van der Waals surface area contributed by atoms with Crippen LogP contribution in [0.3, 0.4) is 0 Å². The monoisotopic (exact) mass is 265 g/mol. The molecular weight excluding hydrogens is 246 g/mol. The van der Waals surface area contributed by atoms with Gasteiger partial charge in [0.15, 0.2) is 0 Å². The van der Waals surface area contributed by atoms with Crippen molar-refractivity contribution in [2.75, 3.05) is 5.73 Å². The van der Waals surface area contributed by atoms with Crippen molar-refractivity contribution in [2.45, 2.75) is 33.6 Å². The first-order chi connectivity index (χ1) is 9.58. The third-order valence-electron chi connectivity index (χ3n) is 3.51. The smallest absolute Gasteiger partial charge is 0.142 e. The van der Waals surface area contributed by atoms with Gasteiger partial charge in [0.2, 0.25) is 0 Å². The molecule has 0 radical (unpaired) electrons. The van der Waals surface area contributed by atoms with Gasteiger partial charge in [-0.1, -0.05) is 43.2 Å². The zero-order valence-corrected chi connectivity index (χ0v) is 12.2. The van der Waals surface area contributed by atoms with Gasteiger partial charge in [-0.05, 0) is 31.4 Å². The minimum atomic E-state index is 0.331. The lowest BCUT2D eigenvalue weighted by molar-refractivity contribution is 0.874. The van der Waals surface area contributed by atoms with E-state index in [4.69, 9.17) is 5.73 Å². The Morgan fingerprint density at radius 1 is 1.20 bits per heavy atom. The number of hydrogen-bond donors (Lipinski definition) is 1. The molecule has 0 atom stereocenters. The number of pyridine rings is 1. The number of nitrogens with two attached hydrogens (primary N) is 1. The molecule has 0 unspecified atom stereocenters. The summed E-state index contributed by atoms with van der Waals surface area (Å²) in [6, 6.07) is 10.4. The van der Waals surface area contributed by atoms with Crippen LogP contribution in [0.15, 0.2) is 24.3 Å². The quantitative estimate of drug-likeness (QED) is 0.918. The molecular formula is C17H19N3. The Balaban J connectivity index is 2.72. The van der Waals surface area contributed by atoms with Crippen molar-refractivity contribution in [3.8, 4) is 17.2 Å².